The van der Waals surface area contributed by atoms with Crippen molar-refractivity contribution in [2.24, 2.45) is 5.92 Å². The first-order chi connectivity index (χ1) is 13.8. The average molecular weight is 419 g/mol. The Morgan fingerprint density at radius 1 is 1.21 bits per heavy atom. The molecule has 150 valence electrons. The fourth-order valence-corrected chi connectivity index (χ4v) is 4.17. The minimum atomic E-state index is -4.44. The summed E-state index contributed by atoms with van der Waals surface area (Å²) < 4.78 is 39.6. The van der Waals surface area contributed by atoms with Crippen LogP contribution < -0.4 is 5.32 Å². The Kier molecular flexibility index (Phi) is 4.99. The summed E-state index contributed by atoms with van der Waals surface area (Å²) in [6, 6.07) is 12.4. The SMILES string of the molecule is O=C(Nc1nc2ccccc2s1)C1CC(=O)N(Cc2cccc(C(F)(F)F)c2)C1. The highest BCUT2D eigenvalue weighted by Crippen LogP contribution is 2.31. The first-order valence-corrected chi connectivity index (χ1v) is 9.71. The summed E-state index contributed by atoms with van der Waals surface area (Å²) >= 11 is 1.34. The standard InChI is InChI=1S/C20H16F3N3O2S/c21-20(22,23)14-5-3-4-12(8-14)10-26-11-13(9-17(26)27)18(28)25-19-24-15-6-1-2-7-16(15)29-19/h1-8,13H,9-11H2,(H,24,25,28). The van der Waals surface area contributed by atoms with Crippen LogP contribution in [0, 0.1) is 5.92 Å². The van der Waals surface area contributed by atoms with Crippen LogP contribution in [0.25, 0.3) is 10.2 Å². The molecule has 29 heavy (non-hydrogen) atoms. The van der Waals surface area contributed by atoms with Gasteiger partial charge in [-0.2, -0.15) is 13.2 Å². The summed E-state index contributed by atoms with van der Waals surface area (Å²) in [6.07, 6.45) is -4.42. The van der Waals surface area contributed by atoms with Gasteiger partial charge in [-0.15, -0.1) is 0 Å². The first-order valence-electron chi connectivity index (χ1n) is 8.90. The van der Waals surface area contributed by atoms with Gasteiger partial charge in [0.1, 0.15) is 0 Å². The Balaban J connectivity index is 1.41. The van der Waals surface area contributed by atoms with Gasteiger partial charge in [-0.1, -0.05) is 35.6 Å². The number of carbonyl (C=O) groups is 2. The number of para-hydroxylation sites is 1. The van der Waals surface area contributed by atoms with E-state index >= 15 is 0 Å². The second-order valence-electron chi connectivity index (χ2n) is 6.85. The molecule has 0 bridgehead atoms. The number of nitrogens with one attached hydrogen (secondary N) is 1. The van der Waals surface area contributed by atoms with Crippen LogP contribution in [0.5, 0.6) is 0 Å². The van der Waals surface area contributed by atoms with Crippen molar-refractivity contribution >= 4 is 38.5 Å². The van der Waals surface area contributed by atoms with E-state index in [2.05, 4.69) is 10.3 Å². The minimum absolute atomic E-state index is 0.0235. The number of likely N-dealkylation sites (tertiary alicyclic amines) is 1. The maximum Gasteiger partial charge on any atom is 0.416 e. The second-order valence-corrected chi connectivity index (χ2v) is 7.88. The molecule has 1 saturated heterocycles. The molecule has 2 heterocycles. The van der Waals surface area contributed by atoms with Gasteiger partial charge in [0.15, 0.2) is 5.13 Å². The van der Waals surface area contributed by atoms with Crippen molar-refractivity contribution in [2.75, 3.05) is 11.9 Å². The molecule has 1 N–H and O–H groups in total. The molecule has 2 aromatic carbocycles. The third-order valence-corrected chi connectivity index (χ3v) is 5.69. The summed E-state index contributed by atoms with van der Waals surface area (Å²) in [5, 5.41) is 3.21. The fourth-order valence-electron chi connectivity index (χ4n) is 3.30. The number of hydrogen-bond donors (Lipinski definition) is 1. The molecule has 0 saturated carbocycles. The monoisotopic (exact) mass is 419 g/mol. The molecule has 1 unspecified atom stereocenters. The molecule has 0 aliphatic carbocycles. The van der Waals surface area contributed by atoms with Gasteiger partial charge >= 0.3 is 6.18 Å². The molecule has 0 spiro atoms. The molecule has 1 fully saturated rings. The molecule has 1 aliphatic heterocycles. The van der Waals surface area contributed by atoms with Gasteiger partial charge in [0.05, 0.1) is 21.7 Å². The van der Waals surface area contributed by atoms with Crippen molar-refractivity contribution in [2.45, 2.75) is 19.1 Å². The van der Waals surface area contributed by atoms with Crippen molar-refractivity contribution in [1.29, 1.82) is 0 Å². The Morgan fingerprint density at radius 3 is 2.76 bits per heavy atom. The summed E-state index contributed by atoms with van der Waals surface area (Å²) in [6.45, 7) is 0.194. The molecule has 1 atom stereocenters. The number of anilines is 1. The maximum absolute atomic E-state index is 12.9. The van der Waals surface area contributed by atoms with E-state index in [1.807, 2.05) is 24.3 Å². The summed E-state index contributed by atoms with van der Waals surface area (Å²) in [5.74, 6) is -1.14. The lowest BCUT2D eigenvalue weighted by atomic mass is 10.1. The van der Waals surface area contributed by atoms with E-state index in [9.17, 15) is 22.8 Å². The van der Waals surface area contributed by atoms with Gasteiger partial charge in [-0.25, -0.2) is 4.98 Å². The summed E-state index contributed by atoms with van der Waals surface area (Å²) in [4.78, 5) is 30.6. The van der Waals surface area contributed by atoms with Crippen LogP contribution in [0.3, 0.4) is 0 Å². The second kappa shape index (κ2) is 7.47. The zero-order chi connectivity index (χ0) is 20.6. The summed E-state index contributed by atoms with van der Waals surface area (Å²) in [7, 11) is 0. The number of nitrogens with zero attached hydrogens (tertiary/aromatic N) is 2. The van der Waals surface area contributed by atoms with Crippen molar-refractivity contribution in [1.82, 2.24) is 9.88 Å². The number of carbonyl (C=O) groups excluding carboxylic acids is 2. The summed E-state index contributed by atoms with van der Waals surface area (Å²) in [5.41, 5.74) is 0.397. The Morgan fingerprint density at radius 2 is 2.00 bits per heavy atom. The lowest BCUT2D eigenvalue weighted by molar-refractivity contribution is -0.137. The minimum Gasteiger partial charge on any atom is -0.338 e. The lowest BCUT2D eigenvalue weighted by Gasteiger charge is -2.17. The van der Waals surface area contributed by atoms with Crippen molar-refractivity contribution in [3.8, 4) is 0 Å². The number of fused-ring (bicyclic) bond motifs is 1. The number of amides is 2. The van der Waals surface area contributed by atoms with Crippen LogP contribution in [0.1, 0.15) is 17.5 Å². The van der Waals surface area contributed by atoms with Gasteiger partial charge < -0.3 is 10.2 Å². The predicted octanol–water partition coefficient (Wildman–Crippen LogP) is 4.30. The number of alkyl halides is 3. The largest absolute Gasteiger partial charge is 0.416 e. The van der Waals surface area contributed by atoms with Crippen LogP contribution in [0.4, 0.5) is 18.3 Å². The molecule has 1 aliphatic rings. The van der Waals surface area contributed by atoms with Gasteiger partial charge in [-0.3, -0.25) is 9.59 Å². The van der Waals surface area contributed by atoms with Crippen LogP contribution in [0.15, 0.2) is 48.5 Å². The van der Waals surface area contributed by atoms with E-state index in [4.69, 9.17) is 0 Å². The molecule has 5 nitrogen and oxygen atoms in total. The van der Waals surface area contributed by atoms with Gasteiger partial charge in [0.25, 0.3) is 0 Å². The molecular formula is C20H16F3N3O2S. The van der Waals surface area contributed by atoms with E-state index in [1.54, 1.807) is 0 Å². The third kappa shape index (κ3) is 4.24. The first kappa shape index (κ1) is 19.4. The van der Waals surface area contributed by atoms with Crippen LogP contribution >= 0.6 is 11.3 Å². The van der Waals surface area contributed by atoms with Crippen LogP contribution in [-0.4, -0.2) is 28.2 Å². The van der Waals surface area contributed by atoms with E-state index in [1.165, 1.54) is 28.4 Å². The molecule has 3 aromatic rings. The van der Waals surface area contributed by atoms with Crippen molar-refractivity contribution in [3.63, 3.8) is 0 Å². The predicted molar refractivity (Wildman–Crippen MR) is 103 cm³/mol. The van der Waals surface area contributed by atoms with Crippen LogP contribution in [-0.2, 0) is 22.3 Å². The highest BCUT2D eigenvalue weighted by Gasteiger charge is 2.35. The van der Waals surface area contributed by atoms with Crippen molar-refractivity contribution in [3.05, 3.63) is 59.7 Å². The number of thiazole rings is 1. The molecule has 1 aromatic heterocycles. The number of benzene rings is 2. The topological polar surface area (TPSA) is 62.3 Å². The van der Waals surface area contributed by atoms with Gasteiger partial charge in [0.2, 0.25) is 11.8 Å². The molecule has 0 radical (unpaired) electrons. The van der Waals surface area contributed by atoms with Crippen LogP contribution in [0.2, 0.25) is 0 Å². The highest BCUT2D eigenvalue weighted by molar-refractivity contribution is 7.22. The smallest absolute Gasteiger partial charge is 0.338 e. The number of rotatable bonds is 4. The third-order valence-electron chi connectivity index (χ3n) is 4.74. The van der Waals surface area contributed by atoms with Crippen molar-refractivity contribution < 1.29 is 22.8 Å². The zero-order valence-corrected chi connectivity index (χ0v) is 15.9. The van der Waals surface area contributed by atoms with E-state index in [0.717, 1.165) is 22.3 Å². The normalized spacial score (nSPS) is 17.1. The van der Waals surface area contributed by atoms with E-state index < -0.39 is 17.7 Å². The van der Waals surface area contributed by atoms with Gasteiger partial charge in [-0.05, 0) is 29.8 Å². The highest BCUT2D eigenvalue weighted by atomic mass is 32.1. The number of hydrogen-bond acceptors (Lipinski definition) is 4. The number of aromatic nitrogens is 1. The maximum atomic E-state index is 12.9. The molecule has 4 rings (SSSR count). The van der Waals surface area contributed by atoms with E-state index in [0.29, 0.717) is 10.7 Å². The number of halogens is 3. The average Bonchev–Trinajstić information content (AvgIpc) is 3.24. The molecule has 9 heteroatoms. The molecular weight excluding hydrogens is 403 g/mol. The van der Waals surface area contributed by atoms with Gasteiger partial charge in [0, 0.05) is 19.5 Å². The Hall–Kier alpha value is -2.94. The zero-order valence-electron chi connectivity index (χ0n) is 15.1. The Labute approximate surface area is 168 Å². The lowest BCUT2D eigenvalue weighted by Crippen LogP contribution is -2.28. The molecule has 2 amide bonds. The fraction of sp³-hybridized carbons (Fsp3) is 0.250. The quantitative estimate of drug-likeness (QED) is 0.686. The van der Waals surface area contributed by atoms with E-state index in [-0.39, 0.29) is 31.3 Å². The Bertz CT molecular complexity index is 1050.